The fraction of sp³-hybridized carbons (Fsp3) is 0.474. The third-order valence-electron chi connectivity index (χ3n) is 4.63. The lowest BCUT2D eigenvalue weighted by Gasteiger charge is -2.37. The maximum absolute atomic E-state index is 13.0. The minimum absolute atomic E-state index is 0. The predicted molar refractivity (Wildman–Crippen MR) is 119 cm³/mol. The molecular formula is C19H26Cl3N3O2S. The lowest BCUT2D eigenvalue weighted by molar-refractivity contribution is 0.0588. The summed E-state index contributed by atoms with van der Waals surface area (Å²) in [7, 11) is 0. The van der Waals surface area contributed by atoms with E-state index in [9.17, 15) is 4.79 Å². The molecule has 2 heterocycles. The molecule has 1 aromatic carbocycles. The van der Waals surface area contributed by atoms with Gasteiger partial charge >= 0.3 is 0 Å². The van der Waals surface area contributed by atoms with Gasteiger partial charge in [-0.3, -0.25) is 4.79 Å². The van der Waals surface area contributed by atoms with Gasteiger partial charge in [0.1, 0.15) is 22.2 Å². The van der Waals surface area contributed by atoms with E-state index < -0.39 is 0 Å². The molecule has 28 heavy (non-hydrogen) atoms. The zero-order valence-corrected chi connectivity index (χ0v) is 19.1. The highest BCUT2D eigenvalue weighted by molar-refractivity contribution is 7.13. The van der Waals surface area contributed by atoms with Crippen LogP contribution in [0.1, 0.15) is 46.6 Å². The first-order valence-corrected chi connectivity index (χ1v) is 10.1. The van der Waals surface area contributed by atoms with Gasteiger partial charge in [0.25, 0.3) is 5.91 Å². The number of ether oxygens (including phenoxy) is 1. The van der Waals surface area contributed by atoms with Crippen LogP contribution in [0, 0.1) is 6.92 Å². The van der Waals surface area contributed by atoms with Crippen molar-refractivity contribution in [1.82, 2.24) is 9.88 Å². The highest BCUT2D eigenvalue weighted by Crippen LogP contribution is 2.27. The van der Waals surface area contributed by atoms with Gasteiger partial charge in [0, 0.05) is 23.7 Å². The Hall–Kier alpha value is -1.05. The third-order valence-corrected chi connectivity index (χ3v) is 6.00. The monoisotopic (exact) mass is 465 g/mol. The standard InChI is InChI=1S/C19H24ClN3O2S.2ClH/c1-12(21)16-5-3-4-10-23(16)19(24)18-13(2)22-17(26-18)11-25-15-8-6-14(20)7-9-15;;/h6-9,12,16H,3-5,10-11,21H2,1-2H3;2*1H. The van der Waals surface area contributed by atoms with Gasteiger partial charge in [-0.25, -0.2) is 4.98 Å². The van der Waals surface area contributed by atoms with Crippen LogP contribution in [0.3, 0.4) is 0 Å². The maximum atomic E-state index is 13.0. The fourth-order valence-electron chi connectivity index (χ4n) is 3.27. The Bertz CT molecular complexity index is 768. The molecule has 5 nitrogen and oxygen atoms in total. The van der Waals surface area contributed by atoms with Crippen LogP contribution in [-0.4, -0.2) is 34.4 Å². The summed E-state index contributed by atoms with van der Waals surface area (Å²) in [5.74, 6) is 0.767. The van der Waals surface area contributed by atoms with Crippen LogP contribution in [0.25, 0.3) is 0 Å². The summed E-state index contributed by atoms with van der Waals surface area (Å²) in [4.78, 5) is 20.2. The number of aryl methyl sites for hydroxylation is 1. The number of hydrogen-bond acceptors (Lipinski definition) is 5. The number of hydrogen-bond donors (Lipinski definition) is 1. The SMILES string of the molecule is Cc1nc(COc2ccc(Cl)cc2)sc1C(=O)N1CCCCC1C(C)N.Cl.Cl. The van der Waals surface area contributed by atoms with Gasteiger partial charge in [-0.05, 0) is 57.4 Å². The average Bonchev–Trinajstić information content (AvgIpc) is 3.01. The molecule has 1 saturated heterocycles. The van der Waals surface area contributed by atoms with E-state index in [0.717, 1.165) is 42.3 Å². The Morgan fingerprint density at radius 3 is 2.68 bits per heavy atom. The van der Waals surface area contributed by atoms with E-state index in [1.165, 1.54) is 11.3 Å². The molecule has 0 spiro atoms. The van der Waals surface area contributed by atoms with E-state index in [1.807, 2.05) is 30.9 Å². The molecule has 2 N–H and O–H groups in total. The van der Waals surface area contributed by atoms with Crippen molar-refractivity contribution >= 4 is 53.7 Å². The highest BCUT2D eigenvalue weighted by atomic mass is 35.5. The van der Waals surface area contributed by atoms with Crippen LogP contribution in [0.15, 0.2) is 24.3 Å². The minimum Gasteiger partial charge on any atom is -0.486 e. The first-order valence-electron chi connectivity index (χ1n) is 8.87. The quantitative estimate of drug-likeness (QED) is 0.682. The zero-order valence-electron chi connectivity index (χ0n) is 15.9. The van der Waals surface area contributed by atoms with Crippen molar-refractivity contribution in [2.24, 2.45) is 5.73 Å². The van der Waals surface area contributed by atoms with Crippen molar-refractivity contribution in [2.45, 2.75) is 51.8 Å². The molecule has 1 aliphatic rings. The molecule has 1 fully saturated rings. The molecule has 2 aromatic rings. The topological polar surface area (TPSA) is 68.5 Å². The Balaban J connectivity index is 0.00000196. The molecule has 0 bridgehead atoms. The number of halogens is 3. The largest absolute Gasteiger partial charge is 0.486 e. The molecule has 156 valence electrons. The van der Waals surface area contributed by atoms with E-state index in [2.05, 4.69) is 4.98 Å². The van der Waals surface area contributed by atoms with Crippen LogP contribution in [0.2, 0.25) is 5.02 Å². The number of likely N-dealkylation sites (tertiary alicyclic amines) is 1. The van der Waals surface area contributed by atoms with Gasteiger partial charge in [0.15, 0.2) is 0 Å². The molecule has 3 rings (SSSR count). The van der Waals surface area contributed by atoms with Crippen molar-refractivity contribution in [3.8, 4) is 5.75 Å². The van der Waals surface area contributed by atoms with Gasteiger partial charge in [0.05, 0.1) is 5.69 Å². The first kappa shape index (κ1) is 25.0. The molecule has 1 aromatic heterocycles. The van der Waals surface area contributed by atoms with Crippen molar-refractivity contribution in [1.29, 1.82) is 0 Å². The number of benzene rings is 1. The van der Waals surface area contributed by atoms with Crippen molar-refractivity contribution in [3.63, 3.8) is 0 Å². The summed E-state index contributed by atoms with van der Waals surface area (Å²) in [5, 5.41) is 1.45. The van der Waals surface area contributed by atoms with Crippen molar-refractivity contribution < 1.29 is 9.53 Å². The predicted octanol–water partition coefficient (Wildman–Crippen LogP) is 4.87. The first-order chi connectivity index (χ1) is 12.5. The molecule has 2 unspecified atom stereocenters. The number of carbonyl (C=O) groups is 1. The van der Waals surface area contributed by atoms with E-state index >= 15 is 0 Å². The van der Waals surface area contributed by atoms with Gasteiger partial charge in [-0.1, -0.05) is 11.6 Å². The van der Waals surface area contributed by atoms with Crippen LogP contribution in [-0.2, 0) is 6.61 Å². The molecule has 1 aliphatic heterocycles. The number of nitrogens with two attached hydrogens (primary N) is 1. The Morgan fingerprint density at radius 1 is 1.36 bits per heavy atom. The fourth-order valence-corrected chi connectivity index (χ4v) is 4.33. The van der Waals surface area contributed by atoms with Gasteiger partial charge in [-0.2, -0.15) is 0 Å². The van der Waals surface area contributed by atoms with Crippen molar-refractivity contribution in [3.05, 3.63) is 44.9 Å². The molecule has 0 saturated carbocycles. The molecule has 1 amide bonds. The zero-order chi connectivity index (χ0) is 18.7. The van der Waals surface area contributed by atoms with Crippen LogP contribution in [0.4, 0.5) is 0 Å². The van der Waals surface area contributed by atoms with Gasteiger partial charge < -0.3 is 15.4 Å². The normalized spacial score (nSPS) is 17.3. The maximum Gasteiger partial charge on any atom is 0.266 e. The smallest absolute Gasteiger partial charge is 0.266 e. The summed E-state index contributed by atoms with van der Waals surface area (Å²) >= 11 is 7.28. The minimum atomic E-state index is -0.0276. The number of carbonyl (C=O) groups excluding carboxylic acids is 1. The Morgan fingerprint density at radius 2 is 2.04 bits per heavy atom. The average molecular weight is 467 g/mol. The van der Waals surface area contributed by atoms with Crippen LogP contribution in [0.5, 0.6) is 5.75 Å². The van der Waals surface area contributed by atoms with Crippen LogP contribution >= 0.6 is 47.8 Å². The van der Waals surface area contributed by atoms with Crippen molar-refractivity contribution in [2.75, 3.05) is 6.54 Å². The Kier molecular flexibility index (Phi) is 10.0. The number of amides is 1. The molecule has 9 heteroatoms. The molecule has 0 aliphatic carbocycles. The molecular weight excluding hydrogens is 441 g/mol. The summed E-state index contributed by atoms with van der Waals surface area (Å²) in [6.45, 7) is 4.94. The lowest BCUT2D eigenvalue weighted by Crippen LogP contribution is -2.51. The summed E-state index contributed by atoms with van der Waals surface area (Å²) in [6, 6.07) is 7.27. The van der Waals surface area contributed by atoms with E-state index in [1.54, 1.807) is 12.1 Å². The number of piperidine rings is 1. The number of rotatable bonds is 5. The third kappa shape index (κ3) is 5.97. The second-order valence-corrected chi connectivity index (χ2v) is 8.21. The number of nitrogens with zero attached hydrogens (tertiary/aromatic N) is 2. The summed E-state index contributed by atoms with van der Waals surface area (Å²) in [6.07, 6.45) is 3.12. The summed E-state index contributed by atoms with van der Waals surface area (Å²) in [5.41, 5.74) is 6.86. The molecule has 0 radical (unpaired) electrons. The second-order valence-electron chi connectivity index (χ2n) is 6.69. The second kappa shape index (κ2) is 11.2. The van der Waals surface area contributed by atoms with E-state index in [4.69, 9.17) is 22.1 Å². The number of thiazole rings is 1. The Labute approximate surface area is 187 Å². The molecule has 2 atom stereocenters. The van der Waals surface area contributed by atoms with Crippen LogP contribution < -0.4 is 10.5 Å². The lowest BCUT2D eigenvalue weighted by atomic mass is 9.96. The summed E-state index contributed by atoms with van der Waals surface area (Å²) < 4.78 is 5.74. The van der Waals surface area contributed by atoms with E-state index in [-0.39, 0.29) is 42.8 Å². The highest BCUT2D eigenvalue weighted by Gasteiger charge is 2.31. The van der Waals surface area contributed by atoms with Gasteiger partial charge in [0.2, 0.25) is 0 Å². The van der Waals surface area contributed by atoms with E-state index in [0.29, 0.717) is 16.5 Å². The van der Waals surface area contributed by atoms with Gasteiger partial charge in [-0.15, -0.1) is 36.2 Å². The number of aromatic nitrogens is 1.